The van der Waals surface area contributed by atoms with Gasteiger partial charge in [-0.15, -0.1) is 0 Å². The maximum atomic E-state index is 12.8. The SMILES string of the molecule is Cc1ccc(C(=O)N[C@@]2(C)CCOC3(CCN(c4ncccn4)CC3)[C@@H]2O)cn1. The van der Waals surface area contributed by atoms with Crippen LogP contribution in [0.25, 0.3) is 0 Å². The predicted octanol–water partition coefficient (Wildman–Crippen LogP) is 1.49. The van der Waals surface area contributed by atoms with E-state index in [1.165, 1.54) is 0 Å². The van der Waals surface area contributed by atoms with Crippen LogP contribution in [-0.2, 0) is 4.74 Å². The van der Waals surface area contributed by atoms with Gasteiger partial charge in [-0.2, -0.15) is 0 Å². The van der Waals surface area contributed by atoms with Crippen molar-refractivity contribution in [1.82, 2.24) is 20.3 Å². The minimum Gasteiger partial charge on any atom is -0.388 e. The first-order chi connectivity index (χ1) is 13.9. The number of aromatic nitrogens is 3. The van der Waals surface area contributed by atoms with Crippen LogP contribution in [0.4, 0.5) is 5.95 Å². The van der Waals surface area contributed by atoms with Gasteiger partial charge in [-0.1, -0.05) is 0 Å². The molecule has 0 radical (unpaired) electrons. The van der Waals surface area contributed by atoms with Crippen LogP contribution in [0, 0.1) is 6.92 Å². The molecule has 2 aliphatic heterocycles. The highest BCUT2D eigenvalue weighted by Crippen LogP contribution is 2.40. The van der Waals surface area contributed by atoms with Crippen LogP contribution in [0.2, 0.25) is 0 Å². The van der Waals surface area contributed by atoms with Gasteiger partial charge in [0.05, 0.1) is 16.7 Å². The van der Waals surface area contributed by atoms with Crippen molar-refractivity contribution in [2.24, 2.45) is 0 Å². The number of aryl methyl sites for hydroxylation is 1. The summed E-state index contributed by atoms with van der Waals surface area (Å²) in [5.74, 6) is 0.460. The first-order valence-corrected chi connectivity index (χ1v) is 10.0. The number of ether oxygens (including phenoxy) is 1. The molecule has 8 heteroatoms. The lowest BCUT2D eigenvalue weighted by molar-refractivity contribution is -0.195. The van der Waals surface area contributed by atoms with Gasteiger partial charge in [-0.25, -0.2) is 9.97 Å². The van der Waals surface area contributed by atoms with Crippen molar-refractivity contribution in [2.45, 2.75) is 50.4 Å². The summed E-state index contributed by atoms with van der Waals surface area (Å²) in [7, 11) is 0. The minimum atomic E-state index is -0.815. The summed E-state index contributed by atoms with van der Waals surface area (Å²) in [6, 6.07) is 5.35. The highest BCUT2D eigenvalue weighted by Gasteiger charge is 2.54. The molecule has 0 aromatic carbocycles. The van der Waals surface area contributed by atoms with Crippen molar-refractivity contribution in [2.75, 3.05) is 24.6 Å². The Hall–Kier alpha value is -2.58. The minimum absolute atomic E-state index is 0.230. The topological polar surface area (TPSA) is 100 Å². The number of hydrogen-bond donors (Lipinski definition) is 2. The number of rotatable bonds is 3. The third kappa shape index (κ3) is 3.82. The molecular weight excluding hydrogens is 370 g/mol. The first-order valence-electron chi connectivity index (χ1n) is 10.0. The molecule has 2 aliphatic rings. The van der Waals surface area contributed by atoms with Gasteiger partial charge in [0.1, 0.15) is 6.10 Å². The van der Waals surface area contributed by atoms with E-state index in [9.17, 15) is 9.90 Å². The van der Waals surface area contributed by atoms with Crippen LogP contribution >= 0.6 is 0 Å². The molecule has 0 aliphatic carbocycles. The normalized spacial score (nSPS) is 26.3. The third-order valence-corrected chi connectivity index (χ3v) is 6.13. The molecule has 8 nitrogen and oxygen atoms in total. The number of anilines is 1. The smallest absolute Gasteiger partial charge is 0.253 e. The van der Waals surface area contributed by atoms with Crippen LogP contribution in [0.3, 0.4) is 0 Å². The van der Waals surface area contributed by atoms with Gasteiger partial charge < -0.3 is 20.1 Å². The Balaban J connectivity index is 1.46. The highest BCUT2D eigenvalue weighted by molar-refractivity contribution is 5.94. The van der Waals surface area contributed by atoms with Crippen LogP contribution in [0.15, 0.2) is 36.8 Å². The van der Waals surface area contributed by atoms with E-state index in [0.717, 1.165) is 5.69 Å². The molecular formula is C21H27N5O3. The molecule has 1 amide bonds. The molecule has 2 fully saturated rings. The monoisotopic (exact) mass is 397 g/mol. The van der Waals surface area contributed by atoms with Gasteiger partial charge in [-0.05, 0) is 51.3 Å². The quantitative estimate of drug-likeness (QED) is 0.809. The second kappa shape index (κ2) is 7.68. The van der Waals surface area contributed by atoms with E-state index in [0.29, 0.717) is 50.5 Å². The molecule has 2 aromatic heterocycles. The van der Waals surface area contributed by atoms with Crippen LogP contribution in [-0.4, -0.2) is 62.9 Å². The fraction of sp³-hybridized carbons (Fsp3) is 0.524. The molecule has 2 atom stereocenters. The van der Waals surface area contributed by atoms with E-state index in [-0.39, 0.29) is 5.91 Å². The number of carbonyl (C=O) groups is 1. The van der Waals surface area contributed by atoms with Crippen molar-refractivity contribution in [3.05, 3.63) is 48.0 Å². The van der Waals surface area contributed by atoms with Gasteiger partial charge >= 0.3 is 0 Å². The summed E-state index contributed by atoms with van der Waals surface area (Å²) >= 11 is 0. The molecule has 4 rings (SSSR count). The Morgan fingerprint density at radius 3 is 2.59 bits per heavy atom. The van der Waals surface area contributed by atoms with E-state index >= 15 is 0 Å². The molecule has 0 unspecified atom stereocenters. The maximum absolute atomic E-state index is 12.8. The second-order valence-corrected chi connectivity index (χ2v) is 8.16. The Kier molecular flexibility index (Phi) is 5.23. The zero-order chi connectivity index (χ0) is 20.5. The maximum Gasteiger partial charge on any atom is 0.253 e. The fourth-order valence-electron chi connectivity index (χ4n) is 4.28. The van der Waals surface area contributed by atoms with Crippen molar-refractivity contribution in [1.29, 1.82) is 0 Å². The lowest BCUT2D eigenvalue weighted by Crippen LogP contribution is -2.69. The lowest BCUT2D eigenvalue weighted by Gasteiger charge is -2.53. The molecule has 1 spiro atoms. The number of nitrogens with one attached hydrogen (secondary N) is 1. The third-order valence-electron chi connectivity index (χ3n) is 6.13. The fourth-order valence-corrected chi connectivity index (χ4v) is 4.28. The first kappa shape index (κ1) is 19.7. The Labute approximate surface area is 170 Å². The van der Waals surface area contributed by atoms with Gasteiger partial charge in [-0.3, -0.25) is 9.78 Å². The van der Waals surface area contributed by atoms with E-state index in [2.05, 4.69) is 25.2 Å². The van der Waals surface area contributed by atoms with Crippen molar-refractivity contribution in [3.8, 4) is 0 Å². The highest BCUT2D eigenvalue weighted by atomic mass is 16.5. The van der Waals surface area contributed by atoms with E-state index in [1.807, 2.05) is 13.8 Å². The van der Waals surface area contributed by atoms with Gasteiger partial charge in [0.25, 0.3) is 5.91 Å². The van der Waals surface area contributed by atoms with Crippen LogP contribution in [0.5, 0.6) is 0 Å². The zero-order valence-electron chi connectivity index (χ0n) is 16.8. The van der Waals surface area contributed by atoms with Gasteiger partial charge in [0, 0.05) is 44.0 Å². The van der Waals surface area contributed by atoms with Crippen molar-refractivity contribution >= 4 is 11.9 Å². The summed E-state index contributed by atoms with van der Waals surface area (Å²) in [6.45, 7) is 5.64. The summed E-state index contributed by atoms with van der Waals surface area (Å²) in [5, 5.41) is 14.3. The summed E-state index contributed by atoms with van der Waals surface area (Å²) in [4.78, 5) is 27.7. The molecule has 4 heterocycles. The van der Waals surface area contributed by atoms with Crippen LogP contribution < -0.4 is 10.2 Å². The summed E-state index contributed by atoms with van der Waals surface area (Å²) in [5.41, 5.74) is -0.115. The number of carbonyl (C=O) groups excluding carboxylic acids is 1. The molecule has 0 saturated carbocycles. The average molecular weight is 397 g/mol. The number of aliphatic hydroxyl groups is 1. The number of amides is 1. The van der Waals surface area contributed by atoms with E-state index in [1.54, 1.807) is 36.8 Å². The number of pyridine rings is 1. The number of piperidine rings is 1. The number of aliphatic hydroxyl groups excluding tert-OH is 1. The van der Waals surface area contributed by atoms with Gasteiger partial charge in [0.2, 0.25) is 5.95 Å². The second-order valence-electron chi connectivity index (χ2n) is 8.16. The molecule has 0 bridgehead atoms. The molecule has 29 heavy (non-hydrogen) atoms. The predicted molar refractivity (Wildman–Crippen MR) is 108 cm³/mol. The summed E-state index contributed by atoms with van der Waals surface area (Å²) in [6.07, 6.45) is 6.04. The summed E-state index contributed by atoms with van der Waals surface area (Å²) < 4.78 is 6.12. The lowest BCUT2D eigenvalue weighted by atomic mass is 9.73. The molecule has 2 aromatic rings. The Morgan fingerprint density at radius 1 is 1.21 bits per heavy atom. The van der Waals surface area contributed by atoms with Gasteiger partial charge in [0.15, 0.2) is 0 Å². The number of nitrogens with zero attached hydrogens (tertiary/aromatic N) is 4. The largest absolute Gasteiger partial charge is 0.388 e. The van der Waals surface area contributed by atoms with E-state index in [4.69, 9.17) is 4.74 Å². The standard InChI is InChI=1S/C21H27N5O3/c1-15-4-5-16(14-24-15)17(27)25-20(2)8-13-29-21(18(20)28)6-11-26(12-7-21)19-22-9-3-10-23-19/h3-5,9-10,14,18,28H,6-8,11-13H2,1-2H3,(H,25,27)/t18-,20+/m1/s1. The van der Waals surface area contributed by atoms with Crippen LogP contribution in [0.1, 0.15) is 42.2 Å². The molecule has 2 N–H and O–H groups in total. The molecule has 2 saturated heterocycles. The number of hydrogen-bond acceptors (Lipinski definition) is 7. The zero-order valence-corrected chi connectivity index (χ0v) is 16.8. The molecule has 154 valence electrons. The average Bonchev–Trinajstić information content (AvgIpc) is 2.74. The Morgan fingerprint density at radius 2 is 1.93 bits per heavy atom. The van der Waals surface area contributed by atoms with E-state index < -0.39 is 17.2 Å². The Bertz CT molecular complexity index is 852. The van der Waals surface area contributed by atoms with Crippen molar-refractivity contribution in [3.63, 3.8) is 0 Å². The van der Waals surface area contributed by atoms with Crippen molar-refractivity contribution < 1.29 is 14.6 Å².